The van der Waals surface area contributed by atoms with Crippen LogP contribution in [-0.4, -0.2) is 37.2 Å². The molecular formula is C60H102O6. The zero-order chi connectivity index (χ0) is 47.9. The van der Waals surface area contributed by atoms with Gasteiger partial charge in [0.2, 0.25) is 0 Å². The van der Waals surface area contributed by atoms with Gasteiger partial charge in [-0.25, -0.2) is 0 Å². The Kier molecular flexibility index (Phi) is 51.4. The first-order valence-corrected chi connectivity index (χ1v) is 27.6. The molecule has 0 saturated carbocycles. The van der Waals surface area contributed by atoms with Crippen LogP contribution in [0.1, 0.15) is 258 Å². The van der Waals surface area contributed by atoms with E-state index in [-0.39, 0.29) is 31.1 Å². The molecule has 0 heterocycles. The van der Waals surface area contributed by atoms with Gasteiger partial charge in [-0.1, -0.05) is 215 Å². The zero-order valence-corrected chi connectivity index (χ0v) is 43.2. The topological polar surface area (TPSA) is 78.9 Å². The SMILES string of the molecule is CC/C=C\C/C=C\C/C=C\CCCCCCCC(=O)O[C@H](COC(=O)CCCCCCC/C=C\C/C=C\CCCC)COC(=O)CCCCCCCCCCC/C=C\C/C=C\CCCCC. The second-order valence-corrected chi connectivity index (χ2v) is 18.1. The molecule has 0 rings (SSSR count). The molecule has 0 aromatic heterocycles. The van der Waals surface area contributed by atoms with Crippen LogP contribution >= 0.6 is 0 Å². The molecule has 0 radical (unpaired) electrons. The predicted octanol–water partition coefficient (Wildman–Crippen LogP) is 18.4. The van der Waals surface area contributed by atoms with Crippen molar-refractivity contribution < 1.29 is 28.6 Å². The van der Waals surface area contributed by atoms with Gasteiger partial charge in [0.1, 0.15) is 13.2 Å². The van der Waals surface area contributed by atoms with E-state index in [1.807, 2.05) is 0 Å². The van der Waals surface area contributed by atoms with Crippen LogP contribution in [0.4, 0.5) is 0 Å². The van der Waals surface area contributed by atoms with E-state index in [2.05, 4.69) is 106 Å². The lowest BCUT2D eigenvalue weighted by Crippen LogP contribution is -2.30. The Balaban J connectivity index is 4.41. The lowest BCUT2D eigenvalue weighted by molar-refractivity contribution is -0.167. The Bertz CT molecular complexity index is 1290. The summed E-state index contributed by atoms with van der Waals surface area (Å²) in [6.07, 6.45) is 69.9. The molecule has 0 saturated heterocycles. The average molecular weight is 919 g/mol. The van der Waals surface area contributed by atoms with Crippen LogP contribution in [0.2, 0.25) is 0 Å². The molecule has 0 aromatic carbocycles. The first-order chi connectivity index (χ1) is 32.5. The smallest absolute Gasteiger partial charge is 0.306 e. The molecule has 0 aromatic rings. The van der Waals surface area contributed by atoms with Crippen LogP contribution in [0, 0.1) is 0 Å². The number of hydrogen-bond donors (Lipinski definition) is 0. The van der Waals surface area contributed by atoms with E-state index >= 15 is 0 Å². The minimum Gasteiger partial charge on any atom is -0.462 e. The molecule has 0 unspecified atom stereocenters. The fourth-order valence-electron chi connectivity index (χ4n) is 7.44. The minimum absolute atomic E-state index is 0.0907. The first kappa shape index (κ1) is 62.6. The molecule has 378 valence electrons. The quantitative estimate of drug-likeness (QED) is 0.0262. The van der Waals surface area contributed by atoms with Crippen molar-refractivity contribution in [2.75, 3.05) is 13.2 Å². The third-order valence-corrected chi connectivity index (χ3v) is 11.6. The van der Waals surface area contributed by atoms with E-state index in [1.165, 1.54) is 89.9 Å². The van der Waals surface area contributed by atoms with Gasteiger partial charge in [-0.05, 0) is 109 Å². The molecule has 0 spiro atoms. The van der Waals surface area contributed by atoms with Gasteiger partial charge in [-0.15, -0.1) is 0 Å². The number of unbranched alkanes of at least 4 members (excludes halogenated alkanes) is 24. The Hall–Kier alpha value is -3.41. The third-order valence-electron chi connectivity index (χ3n) is 11.6. The Labute approximate surface area is 407 Å². The van der Waals surface area contributed by atoms with Gasteiger partial charge in [-0.3, -0.25) is 14.4 Å². The van der Waals surface area contributed by atoms with Crippen molar-refractivity contribution in [2.45, 2.75) is 264 Å². The highest BCUT2D eigenvalue weighted by molar-refractivity contribution is 5.71. The maximum Gasteiger partial charge on any atom is 0.306 e. The number of carbonyl (C=O) groups excluding carboxylic acids is 3. The summed E-state index contributed by atoms with van der Waals surface area (Å²) in [6.45, 7) is 6.44. The highest BCUT2D eigenvalue weighted by Gasteiger charge is 2.19. The van der Waals surface area contributed by atoms with Crippen molar-refractivity contribution in [1.82, 2.24) is 0 Å². The molecule has 0 N–H and O–H groups in total. The predicted molar refractivity (Wildman–Crippen MR) is 284 cm³/mol. The maximum absolute atomic E-state index is 12.8. The van der Waals surface area contributed by atoms with Crippen molar-refractivity contribution in [2.24, 2.45) is 0 Å². The van der Waals surface area contributed by atoms with Gasteiger partial charge in [0, 0.05) is 19.3 Å². The van der Waals surface area contributed by atoms with Crippen LogP contribution in [-0.2, 0) is 28.6 Å². The highest BCUT2D eigenvalue weighted by atomic mass is 16.6. The molecule has 0 amide bonds. The summed E-state index contributed by atoms with van der Waals surface area (Å²) in [5, 5.41) is 0. The van der Waals surface area contributed by atoms with Crippen LogP contribution in [0.3, 0.4) is 0 Å². The zero-order valence-electron chi connectivity index (χ0n) is 43.2. The van der Waals surface area contributed by atoms with E-state index in [9.17, 15) is 14.4 Å². The van der Waals surface area contributed by atoms with Gasteiger partial charge in [0.15, 0.2) is 6.10 Å². The monoisotopic (exact) mass is 919 g/mol. The van der Waals surface area contributed by atoms with Gasteiger partial charge < -0.3 is 14.2 Å². The van der Waals surface area contributed by atoms with Crippen LogP contribution in [0.25, 0.3) is 0 Å². The number of hydrogen-bond acceptors (Lipinski definition) is 6. The Morgan fingerprint density at radius 3 is 0.970 bits per heavy atom. The average Bonchev–Trinajstić information content (AvgIpc) is 3.31. The van der Waals surface area contributed by atoms with Crippen LogP contribution in [0.15, 0.2) is 85.1 Å². The highest BCUT2D eigenvalue weighted by Crippen LogP contribution is 2.14. The largest absolute Gasteiger partial charge is 0.462 e. The van der Waals surface area contributed by atoms with E-state index in [0.29, 0.717) is 19.3 Å². The Morgan fingerprint density at radius 2 is 0.606 bits per heavy atom. The number of allylic oxidation sites excluding steroid dienone is 14. The fraction of sp³-hybridized carbons (Fsp3) is 0.717. The lowest BCUT2D eigenvalue weighted by atomic mass is 10.1. The molecule has 0 fully saturated rings. The van der Waals surface area contributed by atoms with E-state index < -0.39 is 6.10 Å². The van der Waals surface area contributed by atoms with Crippen LogP contribution < -0.4 is 0 Å². The summed E-state index contributed by atoms with van der Waals surface area (Å²) in [5.41, 5.74) is 0. The molecule has 0 bridgehead atoms. The van der Waals surface area contributed by atoms with Gasteiger partial charge in [-0.2, -0.15) is 0 Å². The number of esters is 3. The van der Waals surface area contributed by atoms with Crippen molar-refractivity contribution in [3.8, 4) is 0 Å². The molecular weight excluding hydrogens is 817 g/mol. The molecule has 1 atom stereocenters. The van der Waals surface area contributed by atoms with Gasteiger partial charge in [0.05, 0.1) is 0 Å². The van der Waals surface area contributed by atoms with Gasteiger partial charge >= 0.3 is 17.9 Å². The summed E-state index contributed by atoms with van der Waals surface area (Å²) in [7, 11) is 0. The van der Waals surface area contributed by atoms with Crippen molar-refractivity contribution >= 4 is 17.9 Å². The third kappa shape index (κ3) is 51.6. The van der Waals surface area contributed by atoms with Crippen molar-refractivity contribution in [3.05, 3.63) is 85.1 Å². The number of rotatable bonds is 49. The first-order valence-electron chi connectivity index (χ1n) is 27.6. The summed E-state index contributed by atoms with van der Waals surface area (Å²) in [6, 6.07) is 0. The summed E-state index contributed by atoms with van der Waals surface area (Å²) in [4.78, 5) is 38.1. The van der Waals surface area contributed by atoms with Gasteiger partial charge in [0.25, 0.3) is 0 Å². The minimum atomic E-state index is -0.794. The Morgan fingerprint density at radius 1 is 0.318 bits per heavy atom. The summed E-state index contributed by atoms with van der Waals surface area (Å²) in [5.74, 6) is -0.923. The fourth-order valence-corrected chi connectivity index (χ4v) is 7.44. The van der Waals surface area contributed by atoms with E-state index in [4.69, 9.17) is 14.2 Å². The second-order valence-electron chi connectivity index (χ2n) is 18.1. The van der Waals surface area contributed by atoms with Crippen molar-refractivity contribution in [1.29, 1.82) is 0 Å². The van der Waals surface area contributed by atoms with Crippen LogP contribution in [0.5, 0.6) is 0 Å². The van der Waals surface area contributed by atoms with E-state index in [1.54, 1.807) is 0 Å². The molecule has 6 heteroatoms. The molecule has 6 nitrogen and oxygen atoms in total. The van der Waals surface area contributed by atoms with Crippen molar-refractivity contribution in [3.63, 3.8) is 0 Å². The second kappa shape index (κ2) is 54.2. The number of carbonyl (C=O) groups is 3. The molecule has 0 aliphatic carbocycles. The molecule has 0 aliphatic rings. The standard InChI is InChI=1S/C60H102O6/c1-4-7-10-13-16-19-22-25-28-29-30-31-33-35-38-41-44-47-50-53-59(62)65-56-57(55-64-58(61)52-49-46-43-40-37-34-27-24-21-18-15-12-9-6-3)66-60(63)54-51-48-45-42-39-36-32-26-23-20-17-14-11-8-5-2/h8,11,15-20,24-28,32,57H,4-7,9-10,12-14,21-23,29-31,33-56H2,1-3H3/b11-8-,18-15-,19-16-,20-17-,27-24-,28-25-,32-26-/t57-/m1/s1. The number of ether oxygens (including phenoxy) is 3. The summed E-state index contributed by atoms with van der Waals surface area (Å²) < 4.78 is 16.8. The lowest BCUT2D eigenvalue weighted by Gasteiger charge is -2.18. The van der Waals surface area contributed by atoms with E-state index in [0.717, 1.165) is 128 Å². The summed E-state index contributed by atoms with van der Waals surface area (Å²) >= 11 is 0. The normalized spacial score (nSPS) is 12.7. The molecule has 0 aliphatic heterocycles. The maximum atomic E-state index is 12.8. The molecule has 66 heavy (non-hydrogen) atoms.